The van der Waals surface area contributed by atoms with Crippen LogP contribution in [0.25, 0.3) is 0 Å². The lowest BCUT2D eigenvalue weighted by atomic mass is 10.1. The molecule has 0 bridgehead atoms. The van der Waals surface area contributed by atoms with Crippen molar-refractivity contribution in [2.45, 2.75) is 19.7 Å². The second kappa shape index (κ2) is 7.52. The normalized spacial score (nSPS) is 10.5. The van der Waals surface area contributed by atoms with Crippen molar-refractivity contribution in [2.24, 2.45) is 0 Å². The van der Waals surface area contributed by atoms with Crippen LogP contribution in [0.3, 0.4) is 0 Å². The molecular weight excluding hydrogens is 268 g/mol. The monoisotopic (exact) mass is 286 g/mol. The molecule has 0 unspecified atom stereocenters. The summed E-state index contributed by atoms with van der Waals surface area (Å²) in [7, 11) is 1.66. The molecule has 0 saturated heterocycles. The van der Waals surface area contributed by atoms with Gasteiger partial charge in [0.1, 0.15) is 0 Å². The van der Waals surface area contributed by atoms with Crippen molar-refractivity contribution >= 4 is 5.69 Å². The highest BCUT2D eigenvalue weighted by Crippen LogP contribution is 2.17. The Bertz CT molecular complexity index is 614. The summed E-state index contributed by atoms with van der Waals surface area (Å²) in [5.74, 6) is 0. The van der Waals surface area contributed by atoms with Crippen LogP contribution in [0.5, 0.6) is 0 Å². The number of nitrogens with one attached hydrogen (secondary N) is 1. The molecule has 0 spiro atoms. The number of hydrogen-bond acceptors (Lipinski definition) is 4. The highest BCUT2D eigenvalue weighted by molar-refractivity contribution is 5.39. The molecule has 0 saturated carbocycles. The Morgan fingerprint density at radius 1 is 1.00 bits per heavy atom. The zero-order valence-electron chi connectivity index (χ0n) is 11.9. The lowest BCUT2D eigenvalue weighted by Gasteiger charge is -2.10. The van der Waals surface area contributed by atoms with E-state index in [1.807, 2.05) is 30.3 Å². The van der Waals surface area contributed by atoms with E-state index in [1.54, 1.807) is 19.2 Å². The first kappa shape index (κ1) is 15.2. The third kappa shape index (κ3) is 4.11. The first-order chi connectivity index (χ1) is 10.2. The maximum atomic E-state index is 11.0. The van der Waals surface area contributed by atoms with Gasteiger partial charge in [0.2, 0.25) is 0 Å². The molecule has 0 amide bonds. The van der Waals surface area contributed by atoms with Gasteiger partial charge in [-0.15, -0.1) is 0 Å². The van der Waals surface area contributed by atoms with E-state index in [2.05, 4.69) is 5.32 Å². The Hall–Kier alpha value is -2.24. The smallest absolute Gasteiger partial charge is 0.273 e. The van der Waals surface area contributed by atoms with Gasteiger partial charge < -0.3 is 10.1 Å². The van der Waals surface area contributed by atoms with Gasteiger partial charge in [0, 0.05) is 31.8 Å². The van der Waals surface area contributed by atoms with Crippen LogP contribution in [-0.4, -0.2) is 12.0 Å². The zero-order valence-corrected chi connectivity index (χ0v) is 11.9. The number of benzene rings is 2. The van der Waals surface area contributed by atoms with Gasteiger partial charge in [0.15, 0.2) is 0 Å². The van der Waals surface area contributed by atoms with Gasteiger partial charge >= 0.3 is 0 Å². The van der Waals surface area contributed by atoms with Crippen molar-refractivity contribution in [1.82, 2.24) is 5.32 Å². The standard InChI is InChI=1S/C16H18N2O3/c1-21-12-15-8-3-2-6-13(15)10-17-11-14-7-4-5-9-16(14)18(19)20/h2-9,17H,10-12H2,1H3. The second-order valence-corrected chi connectivity index (χ2v) is 4.69. The number of nitro benzene ring substituents is 1. The van der Waals surface area contributed by atoms with Crippen LogP contribution in [0.15, 0.2) is 48.5 Å². The van der Waals surface area contributed by atoms with Crippen molar-refractivity contribution in [1.29, 1.82) is 0 Å². The molecule has 0 radical (unpaired) electrons. The number of rotatable bonds is 7. The Morgan fingerprint density at radius 3 is 2.24 bits per heavy atom. The van der Waals surface area contributed by atoms with E-state index in [9.17, 15) is 10.1 Å². The SMILES string of the molecule is COCc1ccccc1CNCc1ccccc1[N+](=O)[O-]. The Labute approximate surface area is 123 Å². The number of ether oxygens (including phenoxy) is 1. The Morgan fingerprint density at radius 2 is 1.57 bits per heavy atom. The average molecular weight is 286 g/mol. The van der Waals surface area contributed by atoms with Crippen LogP contribution in [0.1, 0.15) is 16.7 Å². The van der Waals surface area contributed by atoms with Gasteiger partial charge in [-0.25, -0.2) is 0 Å². The fourth-order valence-corrected chi connectivity index (χ4v) is 2.20. The van der Waals surface area contributed by atoms with E-state index in [1.165, 1.54) is 6.07 Å². The number of methoxy groups -OCH3 is 1. The molecule has 1 N–H and O–H groups in total. The number of para-hydroxylation sites is 1. The summed E-state index contributed by atoms with van der Waals surface area (Å²) in [6.07, 6.45) is 0. The lowest BCUT2D eigenvalue weighted by Crippen LogP contribution is -2.15. The number of nitrogens with zero attached hydrogens (tertiary/aromatic N) is 1. The molecule has 0 aliphatic carbocycles. The van der Waals surface area contributed by atoms with Gasteiger partial charge in [-0.1, -0.05) is 42.5 Å². The molecule has 0 heterocycles. The molecule has 0 aromatic heterocycles. The van der Waals surface area contributed by atoms with Gasteiger partial charge in [-0.2, -0.15) is 0 Å². The van der Waals surface area contributed by atoms with E-state index in [0.29, 0.717) is 25.3 Å². The number of hydrogen-bond donors (Lipinski definition) is 1. The zero-order chi connectivity index (χ0) is 15.1. The van der Waals surface area contributed by atoms with Crippen LogP contribution in [0.4, 0.5) is 5.69 Å². The fourth-order valence-electron chi connectivity index (χ4n) is 2.20. The maximum absolute atomic E-state index is 11.0. The summed E-state index contributed by atoms with van der Waals surface area (Å²) in [5.41, 5.74) is 3.09. The van der Waals surface area contributed by atoms with Gasteiger partial charge in [0.05, 0.1) is 11.5 Å². The number of nitro groups is 1. The second-order valence-electron chi connectivity index (χ2n) is 4.69. The van der Waals surface area contributed by atoms with E-state index in [-0.39, 0.29) is 10.6 Å². The van der Waals surface area contributed by atoms with Crippen LogP contribution >= 0.6 is 0 Å². The summed E-state index contributed by atoms with van der Waals surface area (Å²) in [4.78, 5) is 10.6. The lowest BCUT2D eigenvalue weighted by molar-refractivity contribution is -0.385. The van der Waals surface area contributed by atoms with Crippen LogP contribution in [-0.2, 0) is 24.4 Å². The fraction of sp³-hybridized carbons (Fsp3) is 0.250. The van der Waals surface area contributed by atoms with Crippen LogP contribution in [0, 0.1) is 10.1 Å². The van der Waals surface area contributed by atoms with Gasteiger partial charge in [-0.3, -0.25) is 10.1 Å². The minimum Gasteiger partial charge on any atom is -0.380 e. The highest BCUT2D eigenvalue weighted by Gasteiger charge is 2.11. The quantitative estimate of drug-likeness (QED) is 0.627. The van der Waals surface area contributed by atoms with Gasteiger partial charge in [-0.05, 0) is 11.1 Å². The van der Waals surface area contributed by atoms with E-state index in [4.69, 9.17) is 4.74 Å². The molecule has 0 fully saturated rings. The van der Waals surface area contributed by atoms with E-state index >= 15 is 0 Å². The van der Waals surface area contributed by atoms with Crippen LogP contribution < -0.4 is 5.32 Å². The van der Waals surface area contributed by atoms with E-state index < -0.39 is 0 Å². The predicted molar refractivity (Wildman–Crippen MR) is 80.8 cm³/mol. The molecular formula is C16H18N2O3. The Kier molecular flexibility index (Phi) is 5.43. The average Bonchev–Trinajstić information content (AvgIpc) is 2.49. The molecule has 0 atom stereocenters. The summed E-state index contributed by atoms with van der Waals surface area (Å²) >= 11 is 0. The molecule has 0 aliphatic rings. The largest absolute Gasteiger partial charge is 0.380 e. The van der Waals surface area contributed by atoms with E-state index in [0.717, 1.165) is 11.1 Å². The first-order valence-corrected chi connectivity index (χ1v) is 6.71. The maximum Gasteiger partial charge on any atom is 0.273 e. The highest BCUT2D eigenvalue weighted by atomic mass is 16.6. The first-order valence-electron chi connectivity index (χ1n) is 6.71. The minimum atomic E-state index is -0.351. The van der Waals surface area contributed by atoms with Crippen molar-refractivity contribution in [2.75, 3.05) is 7.11 Å². The molecule has 2 aromatic carbocycles. The molecule has 21 heavy (non-hydrogen) atoms. The summed E-state index contributed by atoms with van der Waals surface area (Å²) in [5, 5.41) is 14.2. The molecule has 110 valence electrons. The summed E-state index contributed by atoms with van der Waals surface area (Å²) < 4.78 is 5.17. The predicted octanol–water partition coefficient (Wildman–Crippen LogP) is 3.03. The Balaban J connectivity index is 2.01. The van der Waals surface area contributed by atoms with Gasteiger partial charge in [0.25, 0.3) is 5.69 Å². The third-order valence-corrected chi connectivity index (χ3v) is 3.24. The van der Waals surface area contributed by atoms with Crippen molar-refractivity contribution in [3.63, 3.8) is 0 Å². The summed E-state index contributed by atoms with van der Waals surface area (Å²) in [6.45, 7) is 1.66. The van der Waals surface area contributed by atoms with Crippen molar-refractivity contribution in [3.05, 3.63) is 75.3 Å². The minimum absolute atomic E-state index is 0.148. The summed E-state index contributed by atoms with van der Waals surface area (Å²) in [6, 6.07) is 14.8. The van der Waals surface area contributed by atoms with Crippen molar-refractivity contribution in [3.8, 4) is 0 Å². The molecule has 2 rings (SSSR count). The van der Waals surface area contributed by atoms with Crippen molar-refractivity contribution < 1.29 is 9.66 Å². The molecule has 2 aromatic rings. The third-order valence-electron chi connectivity index (χ3n) is 3.24. The van der Waals surface area contributed by atoms with Crippen LogP contribution in [0.2, 0.25) is 0 Å². The topological polar surface area (TPSA) is 64.4 Å². The molecule has 0 aliphatic heterocycles. The molecule has 5 heteroatoms. The molecule has 5 nitrogen and oxygen atoms in total.